The van der Waals surface area contributed by atoms with Gasteiger partial charge in [0.05, 0.1) is 13.2 Å². The lowest BCUT2D eigenvalue weighted by molar-refractivity contribution is -0.170. The highest BCUT2D eigenvalue weighted by Crippen LogP contribution is 2.29. The maximum absolute atomic E-state index is 11.7. The van der Waals surface area contributed by atoms with Gasteiger partial charge in [-0.1, -0.05) is 0 Å². The maximum Gasteiger partial charge on any atom is 0.324 e. The second-order valence-electron chi connectivity index (χ2n) is 3.45. The summed E-state index contributed by atoms with van der Waals surface area (Å²) in [4.78, 5) is 23.4. The first-order valence-electron chi connectivity index (χ1n) is 5.22. The van der Waals surface area contributed by atoms with Gasteiger partial charge in [-0.15, -0.1) is 0 Å². The third kappa shape index (κ3) is 2.28. The van der Waals surface area contributed by atoms with Crippen molar-refractivity contribution in [1.29, 1.82) is 0 Å². The van der Waals surface area contributed by atoms with E-state index in [1.165, 1.54) is 0 Å². The van der Waals surface area contributed by atoms with Crippen LogP contribution in [0.1, 0.15) is 20.3 Å². The van der Waals surface area contributed by atoms with Crippen LogP contribution in [0.3, 0.4) is 0 Å². The van der Waals surface area contributed by atoms with E-state index in [1.54, 1.807) is 13.8 Å². The topological polar surface area (TPSA) is 64.6 Å². The Morgan fingerprint density at radius 2 is 1.73 bits per heavy atom. The summed E-state index contributed by atoms with van der Waals surface area (Å²) in [5.41, 5.74) is -1.12. The highest BCUT2D eigenvalue weighted by Gasteiger charge is 2.50. The Bertz CT molecular complexity index is 226. The first kappa shape index (κ1) is 12.0. The smallest absolute Gasteiger partial charge is 0.324 e. The fourth-order valence-corrected chi connectivity index (χ4v) is 1.66. The monoisotopic (exact) mass is 215 g/mol. The summed E-state index contributed by atoms with van der Waals surface area (Å²) in [6.45, 7) is 4.94. The largest absolute Gasteiger partial charge is 0.465 e. The minimum Gasteiger partial charge on any atom is -0.465 e. The van der Waals surface area contributed by atoms with Gasteiger partial charge in [0.1, 0.15) is 0 Å². The summed E-state index contributed by atoms with van der Waals surface area (Å²) in [5, 5.41) is 2.99. The van der Waals surface area contributed by atoms with Crippen molar-refractivity contribution in [2.75, 3.05) is 26.3 Å². The number of esters is 2. The molecule has 0 amide bonds. The number of nitrogens with one attached hydrogen (secondary N) is 1. The predicted octanol–water partition coefficient (Wildman–Crippen LogP) is 0.0923. The normalized spacial score (nSPS) is 18.5. The SMILES string of the molecule is CCOC(=O)C1(C(=O)OCC)CCNC1. The van der Waals surface area contributed by atoms with Crippen molar-refractivity contribution in [2.24, 2.45) is 5.41 Å². The lowest BCUT2D eigenvalue weighted by Crippen LogP contribution is -2.43. The van der Waals surface area contributed by atoms with Crippen LogP contribution in [0.25, 0.3) is 0 Å². The van der Waals surface area contributed by atoms with E-state index in [2.05, 4.69) is 5.32 Å². The lowest BCUT2D eigenvalue weighted by Gasteiger charge is -2.22. The zero-order chi connectivity index (χ0) is 11.3. The van der Waals surface area contributed by atoms with Gasteiger partial charge >= 0.3 is 11.9 Å². The standard InChI is InChI=1S/C10H17NO4/c1-3-14-8(12)10(5-6-11-7-10)9(13)15-4-2/h11H,3-7H2,1-2H3. The van der Waals surface area contributed by atoms with Crippen molar-refractivity contribution in [2.45, 2.75) is 20.3 Å². The molecule has 5 nitrogen and oxygen atoms in total. The molecule has 0 aliphatic carbocycles. The Morgan fingerprint density at radius 3 is 2.07 bits per heavy atom. The van der Waals surface area contributed by atoms with Crippen LogP contribution in [0.15, 0.2) is 0 Å². The van der Waals surface area contributed by atoms with Crippen LogP contribution < -0.4 is 5.32 Å². The lowest BCUT2D eigenvalue weighted by atomic mass is 9.87. The molecule has 0 aromatic carbocycles. The molecule has 0 spiro atoms. The summed E-state index contributed by atoms with van der Waals surface area (Å²) in [6.07, 6.45) is 0.449. The fraction of sp³-hybridized carbons (Fsp3) is 0.800. The molecule has 5 heteroatoms. The van der Waals surface area contributed by atoms with E-state index in [4.69, 9.17) is 9.47 Å². The molecule has 1 saturated heterocycles. The van der Waals surface area contributed by atoms with E-state index in [-0.39, 0.29) is 13.2 Å². The Kier molecular flexibility index (Phi) is 4.08. The molecule has 1 heterocycles. The molecule has 1 N–H and O–H groups in total. The molecule has 0 saturated carbocycles. The van der Waals surface area contributed by atoms with Crippen LogP contribution in [-0.4, -0.2) is 38.2 Å². The molecule has 0 radical (unpaired) electrons. The molecule has 1 rings (SSSR count). The number of carbonyl (C=O) groups excluding carboxylic acids is 2. The van der Waals surface area contributed by atoms with Gasteiger partial charge in [0, 0.05) is 6.54 Å². The fourth-order valence-electron chi connectivity index (χ4n) is 1.66. The zero-order valence-electron chi connectivity index (χ0n) is 9.17. The van der Waals surface area contributed by atoms with Gasteiger partial charge < -0.3 is 14.8 Å². The quantitative estimate of drug-likeness (QED) is 0.532. The van der Waals surface area contributed by atoms with Gasteiger partial charge in [-0.3, -0.25) is 9.59 Å². The molecule has 0 aromatic heterocycles. The summed E-state index contributed by atoms with van der Waals surface area (Å²) in [6, 6.07) is 0. The third-order valence-electron chi connectivity index (χ3n) is 2.49. The van der Waals surface area contributed by atoms with Crippen molar-refractivity contribution in [3.8, 4) is 0 Å². The molecule has 1 aliphatic rings. The molecule has 0 aromatic rings. The molecule has 1 fully saturated rings. The Hall–Kier alpha value is -1.10. The van der Waals surface area contributed by atoms with Crippen LogP contribution in [-0.2, 0) is 19.1 Å². The van der Waals surface area contributed by atoms with Crippen molar-refractivity contribution in [3.05, 3.63) is 0 Å². The second-order valence-corrected chi connectivity index (χ2v) is 3.45. The van der Waals surface area contributed by atoms with Crippen molar-refractivity contribution >= 4 is 11.9 Å². The van der Waals surface area contributed by atoms with Gasteiger partial charge in [0.25, 0.3) is 0 Å². The van der Waals surface area contributed by atoms with E-state index in [0.29, 0.717) is 19.5 Å². The average molecular weight is 215 g/mol. The number of rotatable bonds is 4. The molecular formula is C10H17NO4. The van der Waals surface area contributed by atoms with E-state index >= 15 is 0 Å². The number of carbonyl (C=O) groups is 2. The summed E-state index contributed by atoms with van der Waals surface area (Å²) >= 11 is 0. The van der Waals surface area contributed by atoms with Crippen LogP contribution in [0, 0.1) is 5.41 Å². The number of hydrogen-bond acceptors (Lipinski definition) is 5. The average Bonchev–Trinajstić information content (AvgIpc) is 2.68. The number of ether oxygens (including phenoxy) is 2. The zero-order valence-corrected chi connectivity index (χ0v) is 9.17. The molecule has 0 bridgehead atoms. The Morgan fingerprint density at radius 1 is 1.20 bits per heavy atom. The van der Waals surface area contributed by atoms with Gasteiger partial charge in [-0.05, 0) is 26.8 Å². The second kappa shape index (κ2) is 5.11. The summed E-state index contributed by atoms with van der Waals surface area (Å²) < 4.78 is 9.83. The van der Waals surface area contributed by atoms with E-state index in [0.717, 1.165) is 0 Å². The molecular weight excluding hydrogens is 198 g/mol. The Balaban J connectivity index is 2.78. The van der Waals surface area contributed by atoms with Crippen LogP contribution in [0.4, 0.5) is 0 Å². The number of hydrogen-bond donors (Lipinski definition) is 1. The predicted molar refractivity (Wildman–Crippen MR) is 53.2 cm³/mol. The first-order chi connectivity index (χ1) is 7.17. The van der Waals surface area contributed by atoms with Crippen LogP contribution in [0.2, 0.25) is 0 Å². The van der Waals surface area contributed by atoms with Crippen LogP contribution in [0.5, 0.6) is 0 Å². The van der Waals surface area contributed by atoms with Gasteiger partial charge in [-0.25, -0.2) is 0 Å². The Labute approximate surface area is 89.1 Å². The van der Waals surface area contributed by atoms with E-state index in [9.17, 15) is 9.59 Å². The minimum absolute atomic E-state index is 0.278. The molecule has 0 atom stereocenters. The van der Waals surface area contributed by atoms with Crippen molar-refractivity contribution < 1.29 is 19.1 Å². The first-order valence-corrected chi connectivity index (χ1v) is 5.22. The van der Waals surface area contributed by atoms with Crippen LogP contribution >= 0.6 is 0 Å². The van der Waals surface area contributed by atoms with E-state index < -0.39 is 17.4 Å². The van der Waals surface area contributed by atoms with Gasteiger partial charge in [-0.2, -0.15) is 0 Å². The molecule has 1 aliphatic heterocycles. The van der Waals surface area contributed by atoms with Gasteiger partial charge in [0.2, 0.25) is 0 Å². The molecule has 0 unspecified atom stereocenters. The van der Waals surface area contributed by atoms with Gasteiger partial charge in [0.15, 0.2) is 5.41 Å². The van der Waals surface area contributed by atoms with Crippen molar-refractivity contribution in [1.82, 2.24) is 5.32 Å². The summed E-state index contributed by atoms with van der Waals surface area (Å²) in [5.74, 6) is -0.957. The highest BCUT2D eigenvalue weighted by molar-refractivity contribution is 6.00. The highest BCUT2D eigenvalue weighted by atomic mass is 16.6. The van der Waals surface area contributed by atoms with E-state index in [1.807, 2.05) is 0 Å². The maximum atomic E-state index is 11.7. The molecule has 15 heavy (non-hydrogen) atoms. The minimum atomic E-state index is -1.12. The third-order valence-corrected chi connectivity index (χ3v) is 2.49. The molecule has 86 valence electrons. The van der Waals surface area contributed by atoms with Crippen molar-refractivity contribution in [3.63, 3.8) is 0 Å². The summed E-state index contributed by atoms with van der Waals surface area (Å²) in [7, 11) is 0.